The molecule has 3 aromatic carbocycles. The Hall–Kier alpha value is -4.26. The van der Waals surface area contributed by atoms with Gasteiger partial charge in [-0.15, -0.1) is 0 Å². The number of nitrogens with one attached hydrogen (secondary N) is 2. The standard InChI is InChI=1S/C27H23IN4O6/c1-2-19-5-3-4-6-22(19)29-25(33)15-31-26(34)23(30-27(31)35)14-18-9-12-24(21(28)13-18)38-16-17-7-10-20(11-8-17)32(36)37/h3-14H,2,15-16H2,1H3,(H,29,33)(H,30,35)/b23-14+. The lowest BCUT2D eigenvalue weighted by Crippen LogP contribution is -2.38. The highest BCUT2D eigenvalue weighted by Gasteiger charge is 2.35. The average Bonchev–Trinajstić information content (AvgIpc) is 3.16. The number of halogens is 1. The monoisotopic (exact) mass is 626 g/mol. The average molecular weight is 626 g/mol. The Morgan fingerprint density at radius 2 is 1.87 bits per heavy atom. The summed E-state index contributed by atoms with van der Waals surface area (Å²) in [6.45, 7) is 1.79. The SMILES string of the molecule is CCc1ccccc1NC(=O)CN1C(=O)N/C(=C/c2ccc(OCc3ccc([N+](=O)[O-])cc3)c(I)c2)C1=O. The first-order chi connectivity index (χ1) is 18.2. The molecule has 0 unspecified atom stereocenters. The Labute approximate surface area is 232 Å². The number of non-ortho nitro benzene ring substituents is 1. The minimum atomic E-state index is -0.669. The molecule has 0 aromatic heterocycles. The number of anilines is 1. The van der Waals surface area contributed by atoms with Crippen LogP contribution in [0.2, 0.25) is 0 Å². The number of nitro groups is 1. The van der Waals surface area contributed by atoms with Gasteiger partial charge in [-0.2, -0.15) is 0 Å². The second kappa shape index (κ2) is 11.9. The molecule has 0 spiro atoms. The molecule has 38 heavy (non-hydrogen) atoms. The van der Waals surface area contributed by atoms with Gasteiger partial charge in [-0.3, -0.25) is 19.7 Å². The van der Waals surface area contributed by atoms with Crippen molar-refractivity contribution < 1.29 is 24.0 Å². The molecule has 0 aliphatic carbocycles. The summed E-state index contributed by atoms with van der Waals surface area (Å²) in [5, 5.41) is 16.1. The van der Waals surface area contributed by atoms with Crippen molar-refractivity contribution in [2.45, 2.75) is 20.0 Å². The number of carbonyl (C=O) groups is 3. The summed E-state index contributed by atoms with van der Waals surface area (Å²) >= 11 is 2.10. The van der Waals surface area contributed by atoms with Gasteiger partial charge in [0.2, 0.25) is 5.91 Å². The minimum Gasteiger partial charge on any atom is -0.488 e. The summed E-state index contributed by atoms with van der Waals surface area (Å²) < 4.78 is 6.59. The maximum atomic E-state index is 12.8. The maximum Gasteiger partial charge on any atom is 0.329 e. The van der Waals surface area contributed by atoms with Crippen molar-refractivity contribution in [3.05, 3.63) is 103 Å². The van der Waals surface area contributed by atoms with Crippen LogP contribution in [-0.2, 0) is 22.6 Å². The molecule has 11 heteroatoms. The van der Waals surface area contributed by atoms with Crippen LogP contribution in [0, 0.1) is 13.7 Å². The topological polar surface area (TPSA) is 131 Å². The second-order valence-electron chi connectivity index (χ2n) is 8.34. The molecule has 2 N–H and O–H groups in total. The summed E-state index contributed by atoms with van der Waals surface area (Å²) in [5.41, 5.74) is 3.10. The second-order valence-corrected chi connectivity index (χ2v) is 9.50. The van der Waals surface area contributed by atoms with Crippen molar-refractivity contribution >= 4 is 57.9 Å². The van der Waals surface area contributed by atoms with Crippen molar-refractivity contribution in [1.82, 2.24) is 10.2 Å². The molecule has 1 fully saturated rings. The summed E-state index contributed by atoms with van der Waals surface area (Å²) in [6, 6.07) is 18.0. The number of imide groups is 1. The van der Waals surface area contributed by atoms with Gasteiger partial charge in [0.15, 0.2) is 0 Å². The highest BCUT2D eigenvalue weighted by molar-refractivity contribution is 14.1. The zero-order valence-corrected chi connectivity index (χ0v) is 22.4. The van der Waals surface area contributed by atoms with Crippen LogP contribution in [0.3, 0.4) is 0 Å². The Balaban J connectivity index is 1.39. The first-order valence-electron chi connectivity index (χ1n) is 11.6. The quantitative estimate of drug-likeness (QED) is 0.115. The molecule has 4 amide bonds. The van der Waals surface area contributed by atoms with Gasteiger partial charge in [0.25, 0.3) is 11.6 Å². The number of nitrogens with zero attached hydrogens (tertiary/aromatic N) is 2. The lowest BCUT2D eigenvalue weighted by Gasteiger charge is -2.13. The fraction of sp³-hybridized carbons (Fsp3) is 0.148. The first-order valence-corrected chi connectivity index (χ1v) is 12.7. The normalized spacial score (nSPS) is 13.9. The third kappa shape index (κ3) is 6.35. The fourth-order valence-corrected chi connectivity index (χ4v) is 4.46. The predicted octanol–water partition coefficient (Wildman–Crippen LogP) is 4.87. The lowest BCUT2D eigenvalue weighted by atomic mass is 10.1. The molecule has 1 aliphatic rings. The number of rotatable bonds is 9. The van der Waals surface area contributed by atoms with E-state index in [1.54, 1.807) is 42.5 Å². The van der Waals surface area contributed by atoms with Crippen molar-refractivity contribution in [3.63, 3.8) is 0 Å². The van der Waals surface area contributed by atoms with Crippen LogP contribution >= 0.6 is 22.6 Å². The summed E-state index contributed by atoms with van der Waals surface area (Å²) in [7, 11) is 0. The fourth-order valence-electron chi connectivity index (χ4n) is 3.76. The lowest BCUT2D eigenvalue weighted by molar-refractivity contribution is -0.384. The molecule has 0 bridgehead atoms. The Morgan fingerprint density at radius 3 is 2.55 bits per heavy atom. The van der Waals surface area contributed by atoms with Gasteiger partial charge in [-0.25, -0.2) is 9.69 Å². The maximum absolute atomic E-state index is 12.8. The predicted molar refractivity (Wildman–Crippen MR) is 149 cm³/mol. The summed E-state index contributed by atoms with van der Waals surface area (Å²) in [6.07, 6.45) is 2.26. The van der Waals surface area contributed by atoms with E-state index >= 15 is 0 Å². The van der Waals surface area contributed by atoms with Crippen molar-refractivity contribution in [1.29, 1.82) is 0 Å². The van der Waals surface area contributed by atoms with Crippen LogP contribution in [-0.4, -0.2) is 34.2 Å². The van der Waals surface area contributed by atoms with E-state index in [9.17, 15) is 24.5 Å². The molecular weight excluding hydrogens is 603 g/mol. The van der Waals surface area contributed by atoms with E-state index in [0.29, 0.717) is 17.0 Å². The van der Waals surface area contributed by atoms with Crippen LogP contribution in [0.15, 0.2) is 72.4 Å². The zero-order valence-electron chi connectivity index (χ0n) is 20.3. The van der Waals surface area contributed by atoms with E-state index in [4.69, 9.17) is 4.74 Å². The van der Waals surface area contributed by atoms with Crippen LogP contribution < -0.4 is 15.4 Å². The van der Waals surface area contributed by atoms with Gasteiger partial charge in [-0.05, 0) is 82.1 Å². The Bertz CT molecular complexity index is 1440. The third-order valence-electron chi connectivity index (χ3n) is 5.74. The van der Waals surface area contributed by atoms with E-state index < -0.39 is 29.3 Å². The van der Waals surface area contributed by atoms with Gasteiger partial charge in [0.1, 0.15) is 24.6 Å². The number of urea groups is 1. The molecule has 1 aliphatic heterocycles. The smallest absolute Gasteiger partial charge is 0.329 e. The summed E-state index contributed by atoms with van der Waals surface area (Å²) in [5.74, 6) is -0.472. The third-order valence-corrected chi connectivity index (χ3v) is 6.59. The van der Waals surface area contributed by atoms with E-state index in [1.807, 2.05) is 19.1 Å². The molecule has 0 saturated carbocycles. The molecule has 194 valence electrons. The molecule has 0 atom stereocenters. The van der Waals surface area contributed by atoms with Crippen molar-refractivity contribution in [2.24, 2.45) is 0 Å². The number of amides is 4. The van der Waals surface area contributed by atoms with Crippen molar-refractivity contribution in [3.8, 4) is 5.75 Å². The number of para-hydroxylation sites is 1. The van der Waals surface area contributed by atoms with Crippen LogP contribution in [0.5, 0.6) is 5.75 Å². The summed E-state index contributed by atoms with van der Waals surface area (Å²) in [4.78, 5) is 49.0. The number of ether oxygens (including phenoxy) is 1. The van der Waals surface area contributed by atoms with E-state index in [2.05, 4.69) is 33.2 Å². The molecule has 1 saturated heterocycles. The van der Waals surface area contributed by atoms with Gasteiger partial charge in [0.05, 0.1) is 8.49 Å². The van der Waals surface area contributed by atoms with Crippen LogP contribution in [0.4, 0.5) is 16.2 Å². The number of carbonyl (C=O) groups excluding carboxylic acids is 3. The van der Waals surface area contributed by atoms with E-state index in [-0.39, 0.29) is 18.0 Å². The largest absolute Gasteiger partial charge is 0.488 e. The van der Waals surface area contributed by atoms with Gasteiger partial charge in [0, 0.05) is 17.8 Å². The van der Waals surface area contributed by atoms with Crippen molar-refractivity contribution in [2.75, 3.05) is 11.9 Å². The van der Waals surface area contributed by atoms with Gasteiger partial charge < -0.3 is 15.4 Å². The first kappa shape index (κ1) is 26.8. The highest BCUT2D eigenvalue weighted by Crippen LogP contribution is 2.25. The Kier molecular flexibility index (Phi) is 8.36. The Morgan fingerprint density at radius 1 is 1.13 bits per heavy atom. The minimum absolute atomic E-state index is 0.00953. The zero-order chi connectivity index (χ0) is 27.2. The van der Waals surface area contributed by atoms with Crippen LogP contribution in [0.1, 0.15) is 23.6 Å². The number of benzene rings is 3. The van der Waals surface area contributed by atoms with Gasteiger partial charge >= 0.3 is 6.03 Å². The molecule has 1 heterocycles. The number of aryl methyl sites for hydroxylation is 1. The van der Waals surface area contributed by atoms with Gasteiger partial charge in [-0.1, -0.05) is 31.2 Å². The number of hydrogen-bond donors (Lipinski definition) is 2. The number of nitro benzene ring substituents is 1. The van der Waals surface area contributed by atoms with Crippen LogP contribution in [0.25, 0.3) is 6.08 Å². The molecule has 4 rings (SSSR count). The van der Waals surface area contributed by atoms with E-state index in [0.717, 1.165) is 26.0 Å². The molecular formula is C27H23IN4O6. The number of hydrogen-bond acceptors (Lipinski definition) is 6. The highest BCUT2D eigenvalue weighted by atomic mass is 127. The molecule has 3 aromatic rings. The van der Waals surface area contributed by atoms with E-state index in [1.165, 1.54) is 18.2 Å². The molecule has 0 radical (unpaired) electrons. The molecule has 10 nitrogen and oxygen atoms in total.